The molecule has 5 nitrogen and oxygen atoms in total. The van der Waals surface area contributed by atoms with Gasteiger partial charge >= 0.3 is 0 Å². The van der Waals surface area contributed by atoms with E-state index in [-0.39, 0.29) is 5.91 Å². The van der Waals surface area contributed by atoms with Crippen molar-refractivity contribution in [2.75, 3.05) is 31.9 Å². The van der Waals surface area contributed by atoms with Crippen molar-refractivity contribution < 1.29 is 4.79 Å². The number of rotatable bonds is 4. The minimum absolute atomic E-state index is 0.239. The van der Waals surface area contributed by atoms with E-state index in [9.17, 15) is 4.79 Å². The van der Waals surface area contributed by atoms with Gasteiger partial charge in [-0.05, 0) is 0 Å². The summed E-state index contributed by atoms with van der Waals surface area (Å²) in [5.41, 5.74) is 0. The molecule has 0 radical (unpaired) electrons. The number of nitrogens with zero attached hydrogens (tertiary/aromatic N) is 3. The SMILES string of the molecule is O=C(CCSc1cnccn1)N1CCNCC1. The molecule has 92 valence electrons. The van der Waals surface area contributed by atoms with Gasteiger partial charge in [-0.1, -0.05) is 0 Å². The second-order valence-electron chi connectivity index (χ2n) is 3.77. The fraction of sp³-hybridized carbons (Fsp3) is 0.545. The largest absolute Gasteiger partial charge is 0.340 e. The molecular weight excluding hydrogens is 236 g/mol. The van der Waals surface area contributed by atoms with Gasteiger partial charge in [0, 0.05) is 50.7 Å². The van der Waals surface area contributed by atoms with E-state index < -0.39 is 0 Å². The summed E-state index contributed by atoms with van der Waals surface area (Å²) < 4.78 is 0. The molecule has 1 fully saturated rings. The molecule has 6 heteroatoms. The Hall–Kier alpha value is -1.14. The van der Waals surface area contributed by atoms with E-state index in [1.807, 2.05) is 4.90 Å². The molecule has 1 aliphatic rings. The van der Waals surface area contributed by atoms with E-state index in [2.05, 4.69) is 15.3 Å². The van der Waals surface area contributed by atoms with Crippen LogP contribution in [0.25, 0.3) is 0 Å². The predicted octanol–water partition coefficient (Wildman–Crippen LogP) is 0.391. The van der Waals surface area contributed by atoms with Crippen molar-refractivity contribution in [3.8, 4) is 0 Å². The van der Waals surface area contributed by atoms with E-state index in [1.165, 1.54) is 0 Å². The maximum Gasteiger partial charge on any atom is 0.223 e. The Kier molecular flexibility index (Phi) is 4.75. The van der Waals surface area contributed by atoms with Crippen LogP contribution in [-0.4, -0.2) is 52.7 Å². The summed E-state index contributed by atoms with van der Waals surface area (Å²) in [6, 6.07) is 0. The molecule has 2 rings (SSSR count). The van der Waals surface area contributed by atoms with Crippen LogP contribution in [0.15, 0.2) is 23.6 Å². The normalized spacial score (nSPS) is 15.9. The maximum absolute atomic E-state index is 11.8. The van der Waals surface area contributed by atoms with Gasteiger partial charge in [-0.15, -0.1) is 11.8 Å². The van der Waals surface area contributed by atoms with Crippen LogP contribution in [0.2, 0.25) is 0 Å². The van der Waals surface area contributed by atoms with Gasteiger partial charge in [0.15, 0.2) is 0 Å². The average molecular weight is 252 g/mol. The molecule has 1 N–H and O–H groups in total. The van der Waals surface area contributed by atoms with Gasteiger partial charge in [0.2, 0.25) is 5.91 Å². The molecule has 1 amide bonds. The number of carbonyl (C=O) groups excluding carboxylic acids is 1. The highest BCUT2D eigenvalue weighted by molar-refractivity contribution is 7.99. The second kappa shape index (κ2) is 6.56. The Morgan fingerprint density at radius 3 is 2.94 bits per heavy atom. The van der Waals surface area contributed by atoms with Gasteiger partial charge < -0.3 is 10.2 Å². The van der Waals surface area contributed by atoms with Crippen LogP contribution >= 0.6 is 11.8 Å². The Bertz CT molecular complexity index is 354. The Labute approximate surface area is 105 Å². The number of aromatic nitrogens is 2. The Balaban J connectivity index is 1.69. The first kappa shape index (κ1) is 12.3. The second-order valence-corrected chi connectivity index (χ2v) is 4.89. The zero-order chi connectivity index (χ0) is 11.9. The van der Waals surface area contributed by atoms with Crippen LogP contribution in [0.3, 0.4) is 0 Å². The molecule has 1 aliphatic heterocycles. The Morgan fingerprint density at radius 2 is 2.24 bits per heavy atom. The smallest absolute Gasteiger partial charge is 0.223 e. The highest BCUT2D eigenvalue weighted by atomic mass is 32.2. The van der Waals surface area contributed by atoms with E-state index in [0.717, 1.165) is 37.0 Å². The predicted molar refractivity (Wildman–Crippen MR) is 66.8 cm³/mol. The van der Waals surface area contributed by atoms with Gasteiger partial charge in [0.1, 0.15) is 5.03 Å². The van der Waals surface area contributed by atoms with Crippen LogP contribution in [-0.2, 0) is 4.79 Å². The number of hydrogen-bond acceptors (Lipinski definition) is 5. The van der Waals surface area contributed by atoms with Crippen molar-refractivity contribution in [2.24, 2.45) is 0 Å². The fourth-order valence-corrected chi connectivity index (χ4v) is 2.43. The first-order valence-corrected chi connectivity index (χ1v) is 6.72. The topological polar surface area (TPSA) is 58.1 Å². The molecular formula is C11H16N4OS. The molecule has 0 saturated carbocycles. The summed E-state index contributed by atoms with van der Waals surface area (Å²) in [6.45, 7) is 3.47. The molecule has 0 atom stereocenters. The molecule has 1 saturated heterocycles. The zero-order valence-electron chi connectivity index (χ0n) is 9.63. The zero-order valence-corrected chi connectivity index (χ0v) is 10.4. The lowest BCUT2D eigenvalue weighted by Gasteiger charge is -2.27. The van der Waals surface area contributed by atoms with Crippen LogP contribution in [0, 0.1) is 0 Å². The molecule has 0 aliphatic carbocycles. The third-order valence-electron chi connectivity index (χ3n) is 2.58. The highest BCUT2D eigenvalue weighted by Gasteiger charge is 2.15. The molecule has 2 heterocycles. The van der Waals surface area contributed by atoms with Gasteiger partial charge in [0.25, 0.3) is 0 Å². The van der Waals surface area contributed by atoms with E-state index in [1.54, 1.807) is 30.4 Å². The molecule has 1 aromatic rings. The lowest BCUT2D eigenvalue weighted by molar-refractivity contribution is -0.131. The van der Waals surface area contributed by atoms with Crippen molar-refractivity contribution in [1.29, 1.82) is 0 Å². The summed E-state index contributed by atoms with van der Waals surface area (Å²) in [5.74, 6) is 1.00. The van der Waals surface area contributed by atoms with E-state index in [0.29, 0.717) is 6.42 Å². The first-order chi connectivity index (χ1) is 8.36. The number of hydrogen-bond donors (Lipinski definition) is 1. The summed E-state index contributed by atoms with van der Waals surface area (Å²) >= 11 is 1.58. The lowest BCUT2D eigenvalue weighted by atomic mass is 10.3. The lowest BCUT2D eigenvalue weighted by Crippen LogP contribution is -2.46. The van der Waals surface area contributed by atoms with E-state index >= 15 is 0 Å². The monoisotopic (exact) mass is 252 g/mol. The van der Waals surface area contributed by atoms with Gasteiger partial charge in [0.05, 0.1) is 6.20 Å². The number of thioether (sulfide) groups is 1. The van der Waals surface area contributed by atoms with Crippen LogP contribution in [0.1, 0.15) is 6.42 Å². The summed E-state index contributed by atoms with van der Waals surface area (Å²) in [4.78, 5) is 21.9. The molecule has 1 aromatic heterocycles. The Morgan fingerprint density at radius 1 is 1.41 bits per heavy atom. The van der Waals surface area contributed by atoms with Crippen molar-refractivity contribution in [2.45, 2.75) is 11.4 Å². The van der Waals surface area contributed by atoms with Gasteiger partial charge in [-0.25, -0.2) is 4.98 Å². The van der Waals surface area contributed by atoms with Crippen molar-refractivity contribution >= 4 is 17.7 Å². The average Bonchev–Trinajstić information content (AvgIpc) is 2.41. The van der Waals surface area contributed by atoms with Gasteiger partial charge in [-0.3, -0.25) is 9.78 Å². The van der Waals surface area contributed by atoms with Crippen LogP contribution < -0.4 is 5.32 Å². The van der Waals surface area contributed by atoms with E-state index in [4.69, 9.17) is 0 Å². The number of nitrogens with one attached hydrogen (secondary N) is 1. The highest BCUT2D eigenvalue weighted by Crippen LogP contribution is 2.14. The summed E-state index contributed by atoms with van der Waals surface area (Å²) in [6.07, 6.45) is 5.61. The minimum Gasteiger partial charge on any atom is -0.340 e. The van der Waals surface area contributed by atoms with Crippen molar-refractivity contribution in [3.05, 3.63) is 18.6 Å². The van der Waals surface area contributed by atoms with Gasteiger partial charge in [-0.2, -0.15) is 0 Å². The van der Waals surface area contributed by atoms with Crippen molar-refractivity contribution in [3.63, 3.8) is 0 Å². The number of piperazine rings is 1. The summed E-state index contributed by atoms with van der Waals surface area (Å²) in [5, 5.41) is 4.11. The minimum atomic E-state index is 0.239. The quantitative estimate of drug-likeness (QED) is 0.786. The summed E-state index contributed by atoms with van der Waals surface area (Å²) in [7, 11) is 0. The molecule has 0 aromatic carbocycles. The standard InChI is InChI=1S/C11H16N4OS/c16-11(15-6-4-12-5-7-15)1-8-17-10-9-13-2-3-14-10/h2-3,9,12H,1,4-8H2. The first-order valence-electron chi connectivity index (χ1n) is 5.73. The maximum atomic E-state index is 11.8. The third kappa shape index (κ3) is 3.98. The number of amides is 1. The molecule has 17 heavy (non-hydrogen) atoms. The number of carbonyl (C=O) groups is 1. The molecule has 0 unspecified atom stereocenters. The molecule has 0 bridgehead atoms. The van der Waals surface area contributed by atoms with Crippen molar-refractivity contribution in [1.82, 2.24) is 20.2 Å². The third-order valence-corrected chi connectivity index (χ3v) is 3.49. The fourth-order valence-electron chi connectivity index (χ4n) is 1.68. The molecule has 0 spiro atoms. The van der Waals surface area contributed by atoms with Crippen LogP contribution in [0.5, 0.6) is 0 Å². The van der Waals surface area contributed by atoms with Crippen LogP contribution in [0.4, 0.5) is 0 Å².